The summed E-state index contributed by atoms with van der Waals surface area (Å²) in [4.78, 5) is -0.160. The van der Waals surface area contributed by atoms with Crippen LogP contribution in [0.3, 0.4) is 0 Å². The van der Waals surface area contributed by atoms with E-state index in [2.05, 4.69) is 34.6 Å². The molecule has 1 aliphatic rings. The van der Waals surface area contributed by atoms with Crippen LogP contribution in [-0.2, 0) is 0 Å². The maximum Gasteiger partial charge on any atom is 0.0582 e. The number of hydrogen-bond donors (Lipinski definition) is 0. The second-order valence-corrected chi connectivity index (χ2v) is 7.62. The highest BCUT2D eigenvalue weighted by Gasteiger charge is 2.37. The topological polar surface area (TPSA) is 0 Å². The molecule has 1 aliphatic carbocycles. The summed E-state index contributed by atoms with van der Waals surface area (Å²) < 4.78 is 0. The molecule has 3 atom stereocenters. The maximum atomic E-state index is 6.26. The average molecular weight is 295 g/mol. The Labute approximate surface area is 125 Å². The van der Waals surface area contributed by atoms with Crippen molar-refractivity contribution in [2.24, 2.45) is 11.8 Å². The minimum Gasteiger partial charge on any atom is -0.121 e. The molecule has 0 aliphatic heterocycles. The first kappa shape index (κ1) is 18.6. The van der Waals surface area contributed by atoms with Crippen molar-refractivity contribution in [2.45, 2.75) is 89.8 Å². The second kappa shape index (κ2) is 9.48. The second-order valence-electron chi connectivity index (χ2n) is 6.23. The van der Waals surface area contributed by atoms with Crippen molar-refractivity contribution in [1.29, 1.82) is 0 Å². The Morgan fingerprint density at radius 3 is 2.00 bits per heavy atom. The van der Waals surface area contributed by atoms with Gasteiger partial charge < -0.3 is 0 Å². The fourth-order valence-electron chi connectivity index (χ4n) is 2.36. The number of hydrogen-bond acceptors (Lipinski definition) is 0. The fraction of sp³-hybridized carbons (Fsp3) is 1.00. The Bertz CT molecular complexity index is 195. The quantitative estimate of drug-likeness (QED) is 0.403. The fourth-order valence-corrected chi connectivity index (χ4v) is 2.90. The van der Waals surface area contributed by atoms with E-state index in [4.69, 9.17) is 23.2 Å². The van der Waals surface area contributed by atoms with E-state index < -0.39 is 0 Å². The zero-order valence-corrected chi connectivity index (χ0v) is 14.4. The van der Waals surface area contributed by atoms with Crippen LogP contribution in [0.2, 0.25) is 0 Å². The molecule has 0 radical (unpaired) electrons. The van der Waals surface area contributed by atoms with Crippen LogP contribution in [0.4, 0.5) is 0 Å². The SMILES string of the molecule is CC(C)C1CCC(C)(Cl)C(Cl)C1.CCCCCC. The first-order valence-electron chi connectivity index (χ1n) is 7.68. The molecule has 18 heavy (non-hydrogen) atoms. The van der Waals surface area contributed by atoms with E-state index in [1.165, 1.54) is 32.1 Å². The van der Waals surface area contributed by atoms with Crippen molar-refractivity contribution in [3.63, 3.8) is 0 Å². The Hall–Kier alpha value is 0.580. The van der Waals surface area contributed by atoms with Crippen LogP contribution < -0.4 is 0 Å². The third-order valence-corrected chi connectivity index (χ3v) is 5.29. The van der Waals surface area contributed by atoms with E-state index in [1.54, 1.807) is 0 Å². The van der Waals surface area contributed by atoms with Gasteiger partial charge in [-0.1, -0.05) is 53.4 Å². The minimum absolute atomic E-state index is 0.153. The van der Waals surface area contributed by atoms with E-state index >= 15 is 0 Å². The summed E-state index contributed by atoms with van der Waals surface area (Å²) in [6, 6.07) is 0. The van der Waals surface area contributed by atoms with Crippen molar-refractivity contribution >= 4 is 23.2 Å². The van der Waals surface area contributed by atoms with Gasteiger partial charge in [0.1, 0.15) is 0 Å². The summed E-state index contributed by atoms with van der Waals surface area (Å²) in [7, 11) is 0. The number of alkyl halides is 2. The molecule has 0 aromatic rings. The molecule has 1 fully saturated rings. The van der Waals surface area contributed by atoms with Gasteiger partial charge in [-0.25, -0.2) is 0 Å². The Morgan fingerprint density at radius 2 is 1.67 bits per heavy atom. The van der Waals surface area contributed by atoms with Gasteiger partial charge in [0.25, 0.3) is 0 Å². The van der Waals surface area contributed by atoms with Gasteiger partial charge in [-0.2, -0.15) is 0 Å². The molecule has 1 saturated carbocycles. The highest BCUT2D eigenvalue weighted by Crippen LogP contribution is 2.42. The Morgan fingerprint density at radius 1 is 1.17 bits per heavy atom. The van der Waals surface area contributed by atoms with Crippen LogP contribution in [0.1, 0.15) is 79.6 Å². The molecule has 2 heteroatoms. The van der Waals surface area contributed by atoms with Crippen LogP contribution >= 0.6 is 23.2 Å². The molecule has 0 aromatic carbocycles. The summed E-state index contributed by atoms with van der Waals surface area (Å²) in [5, 5.41) is 0.153. The third-order valence-electron chi connectivity index (χ3n) is 4.07. The van der Waals surface area contributed by atoms with Crippen LogP contribution in [0.25, 0.3) is 0 Å². The Balaban J connectivity index is 0.000000411. The number of unbranched alkanes of at least 4 members (excludes halogenated alkanes) is 3. The van der Waals surface area contributed by atoms with Crippen molar-refractivity contribution in [3.05, 3.63) is 0 Å². The molecule has 0 N–H and O–H groups in total. The summed E-state index contributed by atoms with van der Waals surface area (Å²) in [6.45, 7) is 11.1. The van der Waals surface area contributed by atoms with Gasteiger partial charge >= 0.3 is 0 Å². The van der Waals surface area contributed by atoms with Gasteiger partial charge in [0.05, 0.1) is 10.3 Å². The standard InChI is InChI=1S/C10H18Cl2.C6H14/c1-7(2)8-4-5-10(3,12)9(11)6-8;1-3-5-6-4-2/h7-9H,4-6H2,1-3H3;3-6H2,1-2H3. The molecule has 3 unspecified atom stereocenters. The molecule has 1 rings (SSSR count). The normalized spacial score (nSPS) is 32.0. The van der Waals surface area contributed by atoms with Crippen LogP contribution in [0.5, 0.6) is 0 Å². The predicted molar refractivity (Wildman–Crippen MR) is 85.9 cm³/mol. The van der Waals surface area contributed by atoms with E-state index in [0.717, 1.165) is 24.7 Å². The largest absolute Gasteiger partial charge is 0.121 e. The van der Waals surface area contributed by atoms with Crippen LogP contribution in [-0.4, -0.2) is 10.3 Å². The average Bonchev–Trinajstić information content (AvgIpc) is 2.30. The summed E-state index contributed by atoms with van der Waals surface area (Å²) in [5.41, 5.74) is 0. The molecule has 0 amide bonds. The molecule has 0 bridgehead atoms. The smallest absolute Gasteiger partial charge is 0.0582 e. The molecule has 110 valence electrons. The van der Waals surface area contributed by atoms with Crippen molar-refractivity contribution < 1.29 is 0 Å². The van der Waals surface area contributed by atoms with Crippen molar-refractivity contribution in [2.75, 3.05) is 0 Å². The van der Waals surface area contributed by atoms with Gasteiger partial charge in [0.15, 0.2) is 0 Å². The van der Waals surface area contributed by atoms with Crippen LogP contribution in [0.15, 0.2) is 0 Å². The van der Waals surface area contributed by atoms with Gasteiger partial charge in [-0.05, 0) is 38.0 Å². The summed E-state index contributed by atoms with van der Waals surface area (Å²) >= 11 is 12.5. The van der Waals surface area contributed by atoms with Crippen molar-refractivity contribution in [1.82, 2.24) is 0 Å². The number of halogens is 2. The maximum absolute atomic E-state index is 6.26. The Kier molecular flexibility index (Phi) is 9.78. The van der Waals surface area contributed by atoms with Gasteiger partial charge in [-0.3, -0.25) is 0 Å². The molecular formula is C16H32Cl2. The lowest BCUT2D eigenvalue weighted by Gasteiger charge is -2.38. The molecule has 0 saturated heterocycles. The highest BCUT2D eigenvalue weighted by atomic mass is 35.5. The van der Waals surface area contributed by atoms with Gasteiger partial charge in [0.2, 0.25) is 0 Å². The zero-order valence-electron chi connectivity index (χ0n) is 12.9. The monoisotopic (exact) mass is 294 g/mol. The first-order valence-corrected chi connectivity index (χ1v) is 8.49. The third kappa shape index (κ3) is 7.24. The van der Waals surface area contributed by atoms with E-state index in [0.29, 0.717) is 0 Å². The lowest BCUT2D eigenvalue weighted by molar-refractivity contribution is 0.252. The molecule has 0 nitrogen and oxygen atoms in total. The minimum atomic E-state index is -0.160. The van der Waals surface area contributed by atoms with Gasteiger partial charge in [-0.15, -0.1) is 23.2 Å². The molecule has 0 heterocycles. The van der Waals surface area contributed by atoms with E-state index in [1.807, 2.05) is 0 Å². The summed E-state index contributed by atoms with van der Waals surface area (Å²) in [5.74, 6) is 1.53. The first-order chi connectivity index (χ1) is 8.35. The van der Waals surface area contributed by atoms with Crippen LogP contribution in [0, 0.1) is 11.8 Å². The molecular weight excluding hydrogens is 263 g/mol. The van der Waals surface area contributed by atoms with E-state index in [-0.39, 0.29) is 10.3 Å². The highest BCUT2D eigenvalue weighted by molar-refractivity contribution is 6.32. The lowest BCUT2D eigenvalue weighted by atomic mass is 9.77. The summed E-state index contributed by atoms with van der Waals surface area (Å²) in [6.07, 6.45) is 8.92. The number of rotatable bonds is 4. The van der Waals surface area contributed by atoms with Gasteiger partial charge in [0, 0.05) is 0 Å². The van der Waals surface area contributed by atoms with Crippen molar-refractivity contribution in [3.8, 4) is 0 Å². The molecule has 0 aromatic heterocycles. The lowest BCUT2D eigenvalue weighted by Crippen LogP contribution is -2.37. The van der Waals surface area contributed by atoms with E-state index in [9.17, 15) is 0 Å². The predicted octanol–water partition coefficient (Wildman–Crippen LogP) is 6.63. The zero-order chi connectivity index (χ0) is 14.2. The molecule has 0 spiro atoms.